The Kier molecular flexibility index (Phi) is 7.22. The number of carbonyl (C=O) groups is 2. The van der Waals surface area contributed by atoms with Crippen LogP contribution >= 0.6 is 0 Å². The molecule has 0 saturated carbocycles. The van der Waals surface area contributed by atoms with Gasteiger partial charge in [0.15, 0.2) is 0 Å². The fraction of sp³-hybridized carbons (Fsp3) is 0.462. The molecule has 2 atom stereocenters. The minimum Gasteiger partial charge on any atom is -0.390 e. The second-order valence-corrected chi connectivity index (χ2v) is 9.14. The number of nitrogens with one attached hydrogen (secondary N) is 1. The molecule has 2 aromatic rings. The van der Waals surface area contributed by atoms with E-state index in [-0.39, 0.29) is 18.4 Å². The molecule has 2 unspecified atom stereocenters. The number of amides is 2. The van der Waals surface area contributed by atoms with Crippen molar-refractivity contribution in [2.45, 2.75) is 38.8 Å². The molecule has 2 heterocycles. The van der Waals surface area contributed by atoms with Crippen molar-refractivity contribution >= 4 is 11.8 Å². The Hall–Kier alpha value is -2.70. The Balaban J connectivity index is 1.24. The van der Waals surface area contributed by atoms with E-state index in [2.05, 4.69) is 34.5 Å². The van der Waals surface area contributed by atoms with Gasteiger partial charge in [0.1, 0.15) is 0 Å². The van der Waals surface area contributed by atoms with E-state index >= 15 is 0 Å². The molecule has 2 aliphatic heterocycles. The van der Waals surface area contributed by atoms with E-state index in [4.69, 9.17) is 0 Å². The number of likely N-dealkylation sites (tertiary alicyclic amines) is 1. The highest BCUT2D eigenvalue weighted by atomic mass is 16.3. The molecule has 0 spiro atoms. The lowest BCUT2D eigenvalue weighted by Crippen LogP contribution is -2.42. The maximum Gasteiger partial charge on any atom is 0.251 e. The summed E-state index contributed by atoms with van der Waals surface area (Å²) in [6, 6.07) is 16.1. The van der Waals surface area contributed by atoms with Crippen molar-refractivity contribution in [3.63, 3.8) is 0 Å². The Morgan fingerprint density at radius 3 is 2.72 bits per heavy atom. The lowest BCUT2D eigenvalue weighted by Gasteiger charge is -2.30. The van der Waals surface area contributed by atoms with Gasteiger partial charge in [0.05, 0.1) is 6.10 Å². The molecule has 0 bridgehead atoms. The number of carbonyl (C=O) groups excluding carboxylic acids is 2. The first kappa shape index (κ1) is 22.5. The molecule has 2 aliphatic rings. The standard InChI is InChI=1S/C26H33N3O3/c1-19(30)29-12-9-21(16-29)13-20-5-4-8-23(14-20)26(32)27-15-25(31)18-28-11-10-22-6-2-3-7-24(22)17-28/h2-8,14,21,25,31H,9-13,15-18H2,1H3,(H,27,32). The monoisotopic (exact) mass is 435 g/mol. The highest BCUT2D eigenvalue weighted by molar-refractivity contribution is 5.94. The van der Waals surface area contributed by atoms with E-state index in [0.29, 0.717) is 18.0 Å². The maximum absolute atomic E-state index is 12.6. The van der Waals surface area contributed by atoms with Gasteiger partial charge in [-0.3, -0.25) is 14.5 Å². The molecule has 4 rings (SSSR count). The van der Waals surface area contributed by atoms with Crippen LogP contribution in [0.25, 0.3) is 0 Å². The van der Waals surface area contributed by atoms with Crippen LogP contribution in [0.15, 0.2) is 48.5 Å². The summed E-state index contributed by atoms with van der Waals surface area (Å²) < 4.78 is 0. The lowest BCUT2D eigenvalue weighted by molar-refractivity contribution is -0.127. The van der Waals surface area contributed by atoms with Crippen LogP contribution in [0.4, 0.5) is 0 Å². The van der Waals surface area contributed by atoms with Crippen molar-refractivity contribution in [2.75, 3.05) is 32.7 Å². The fourth-order valence-corrected chi connectivity index (χ4v) is 4.84. The number of aliphatic hydroxyl groups is 1. The van der Waals surface area contributed by atoms with Crippen LogP contribution in [0.2, 0.25) is 0 Å². The van der Waals surface area contributed by atoms with Gasteiger partial charge in [-0.15, -0.1) is 0 Å². The third-order valence-corrected chi connectivity index (χ3v) is 6.62. The minimum absolute atomic E-state index is 0.132. The molecule has 1 fully saturated rings. The normalized spacial score (nSPS) is 19.4. The molecule has 170 valence electrons. The van der Waals surface area contributed by atoms with Crippen molar-refractivity contribution in [3.05, 3.63) is 70.8 Å². The van der Waals surface area contributed by atoms with Crippen molar-refractivity contribution in [3.8, 4) is 0 Å². The average molecular weight is 436 g/mol. The van der Waals surface area contributed by atoms with Crippen molar-refractivity contribution in [1.82, 2.24) is 15.1 Å². The van der Waals surface area contributed by atoms with Gasteiger partial charge in [0.2, 0.25) is 5.91 Å². The number of hydrogen-bond acceptors (Lipinski definition) is 4. The van der Waals surface area contributed by atoms with Crippen molar-refractivity contribution in [1.29, 1.82) is 0 Å². The van der Waals surface area contributed by atoms with E-state index in [1.54, 1.807) is 6.92 Å². The molecule has 2 N–H and O–H groups in total. The predicted molar refractivity (Wildman–Crippen MR) is 124 cm³/mol. The number of benzene rings is 2. The summed E-state index contributed by atoms with van der Waals surface area (Å²) >= 11 is 0. The predicted octanol–water partition coefficient (Wildman–Crippen LogP) is 2.25. The molecule has 6 heteroatoms. The molecular weight excluding hydrogens is 402 g/mol. The molecule has 0 aromatic heterocycles. The zero-order valence-electron chi connectivity index (χ0n) is 18.8. The average Bonchev–Trinajstić information content (AvgIpc) is 3.26. The first-order valence-electron chi connectivity index (χ1n) is 11.6. The smallest absolute Gasteiger partial charge is 0.251 e. The summed E-state index contributed by atoms with van der Waals surface area (Å²) in [5.41, 5.74) is 4.43. The van der Waals surface area contributed by atoms with E-state index in [0.717, 1.165) is 51.0 Å². The van der Waals surface area contributed by atoms with Crippen LogP contribution in [0.1, 0.15) is 40.4 Å². The third-order valence-electron chi connectivity index (χ3n) is 6.62. The Bertz CT molecular complexity index is 961. The van der Waals surface area contributed by atoms with Gasteiger partial charge in [-0.2, -0.15) is 0 Å². The molecule has 2 aromatic carbocycles. The molecule has 6 nitrogen and oxygen atoms in total. The number of β-amino-alcohol motifs (C(OH)–C–C–N with tert-alkyl or cyclic N) is 1. The number of aliphatic hydroxyl groups excluding tert-OH is 1. The zero-order chi connectivity index (χ0) is 22.5. The van der Waals surface area contributed by atoms with Crippen LogP contribution in [0.3, 0.4) is 0 Å². The van der Waals surface area contributed by atoms with Crippen LogP contribution in [0.5, 0.6) is 0 Å². The SMILES string of the molecule is CC(=O)N1CCC(Cc2cccc(C(=O)NCC(O)CN3CCc4ccccc4C3)c2)C1. The fourth-order valence-electron chi connectivity index (χ4n) is 4.84. The molecule has 1 saturated heterocycles. The lowest BCUT2D eigenvalue weighted by atomic mass is 9.97. The van der Waals surface area contributed by atoms with Crippen molar-refractivity contribution < 1.29 is 14.7 Å². The topological polar surface area (TPSA) is 72.9 Å². The van der Waals surface area contributed by atoms with Gasteiger partial charge >= 0.3 is 0 Å². The number of rotatable bonds is 7. The number of fused-ring (bicyclic) bond motifs is 1. The van der Waals surface area contributed by atoms with E-state index in [1.165, 1.54) is 11.1 Å². The molecule has 0 radical (unpaired) electrons. The van der Waals surface area contributed by atoms with Gasteiger partial charge in [0, 0.05) is 51.8 Å². The zero-order valence-corrected chi connectivity index (χ0v) is 18.8. The Morgan fingerprint density at radius 1 is 1.12 bits per heavy atom. The van der Waals surface area contributed by atoms with Crippen LogP contribution in [-0.2, 0) is 24.2 Å². The molecule has 0 aliphatic carbocycles. The summed E-state index contributed by atoms with van der Waals surface area (Å²) in [5.74, 6) is 0.410. The number of nitrogens with zero attached hydrogens (tertiary/aromatic N) is 2. The molecule has 32 heavy (non-hydrogen) atoms. The quantitative estimate of drug-likeness (QED) is 0.700. The van der Waals surface area contributed by atoms with Gasteiger partial charge in [0.25, 0.3) is 5.91 Å². The Morgan fingerprint density at radius 2 is 1.94 bits per heavy atom. The van der Waals surface area contributed by atoms with Crippen LogP contribution in [0, 0.1) is 5.92 Å². The van der Waals surface area contributed by atoms with E-state index in [9.17, 15) is 14.7 Å². The molecule has 2 amide bonds. The second-order valence-electron chi connectivity index (χ2n) is 9.14. The third kappa shape index (κ3) is 5.75. The highest BCUT2D eigenvalue weighted by Crippen LogP contribution is 2.22. The summed E-state index contributed by atoms with van der Waals surface area (Å²) in [6.45, 7) is 5.77. The first-order chi connectivity index (χ1) is 15.5. The molecular formula is C26H33N3O3. The van der Waals surface area contributed by atoms with Gasteiger partial charge in [-0.05, 0) is 54.0 Å². The second kappa shape index (κ2) is 10.3. The van der Waals surface area contributed by atoms with Gasteiger partial charge < -0.3 is 15.3 Å². The van der Waals surface area contributed by atoms with Crippen molar-refractivity contribution in [2.24, 2.45) is 5.92 Å². The Labute approximate surface area is 190 Å². The summed E-state index contributed by atoms with van der Waals surface area (Å²) in [6.07, 6.45) is 2.25. The van der Waals surface area contributed by atoms with Gasteiger partial charge in [-0.1, -0.05) is 36.4 Å². The van der Waals surface area contributed by atoms with Crippen LogP contribution in [-0.4, -0.2) is 65.5 Å². The van der Waals surface area contributed by atoms with Crippen LogP contribution < -0.4 is 5.32 Å². The van der Waals surface area contributed by atoms with E-state index in [1.807, 2.05) is 29.2 Å². The van der Waals surface area contributed by atoms with Gasteiger partial charge in [-0.25, -0.2) is 0 Å². The summed E-state index contributed by atoms with van der Waals surface area (Å²) in [4.78, 5) is 28.3. The largest absolute Gasteiger partial charge is 0.390 e. The number of hydrogen-bond donors (Lipinski definition) is 2. The minimum atomic E-state index is -0.608. The maximum atomic E-state index is 12.6. The van der Waals surface area contributed by atoms with E-state index < -0.39 is 6.10 Å². The summed E-state index contributed by atoms with van der Waals surface area (Å²) in [7, 11) is 0. The summed E-state index contributed by atoms with van der Waals surface area (Å²) in [5, 5.41) is 13.4. The highest BCUT2D eigenvalue weighted by Gasteiger charge is 2.24. The first-order valence-corrected chi connectivity index (χ1v) is 11.6.